The molecule has 0 amide bonds. The van der Waals surface area contributed by atoms with Crippen molar-refractivity contribution in [3.05, 3.63) is 18.2 Å². The van der Waals surface area contributed by atoms with Gasteiger partial charge in [-0.15, -0.1) is 0 Å². The Balaban J connectivity index is 2.08. The van der Waals surface area contributed by atoms with E-state index in [1.165, 1.54) is 116 Å². The van der Waals surface area contributed by atoms with E-state index in [0.717, 1.165) is 0 Å². The van der Waals surface area contributed by atoms with Gasteiger partial charge in [-0.05, 0) is 25.7 Å². The SMILES string of the molecule is CCCCCCCCCCCCCCn1cc[n+](CCC)c1CCCC. The summed E-state index contributed by atoms with van der Waals surface area (Å²) in [5.74, 6) is 1.55. The van der Waals surface area contributed by atoms with Gasteiger partial charge in [-0.25, -0.2) is 9.13 Å². The number of unbranched alkanes of at least 4 members (excludes halogenated alkanes) is 12. The van der Waals surface area contributed by atoms with Crippen molar-refractivity contribution in [1.82, 2.24) is 4.57 Å². The molecule has 0 aliphatic heterocycles. The summed E-state index contributed by atoms with van der Waals surface area (Å²) in [6.45, 7) is 9.25. The molecule has 0 radical (unpaired) electrons. The van der Waals surface area contributed by atoms with Crippen LogP contribution in [0.1, 0.15) is 123 Å². The van der Waals surface area contributed by atoms with Gasteiger partial charge in [-0.2, -0.15) is 0 Å². The molecule has 26 heavy (non-hydrogen) atoms. The molecular formula is C24H47N2+. The molecule has 0 N–H and O–H groups in total. The molecule has 0 atom stereocenters. The van der Waals surface area contributed by atoms with E-state index in [1.54, 1.807) is 5.82 Å². The van der Waals surface area contributed by atoms with E-state index in [9.17, 15) is 0 Å². The molecule has 0 bridgehead atoms. The fraction of sp³-hybridized carbons (Fsp3) is 0.875. The topological polar surface area (TPSA) is 8.81 Å². The number of imidazole rings is 1. The standard InChI is InChI=1S/C24H47N2/c1-4-7-9-10-11-12-13-14-15-16-17-18-21-26-23-22-25(20-6-3)24(26)19-8-5-2/h22-23H,4-21H2,1-3H3/q+1. The zero-order valence-corrected chi connectivity index (χ0v) is 18.3. The molecule has 0 saturated heterocycles. The summed E-state index contributed by atoms with van der Waals surface area (Å²) in [5, 5.41) is 0. The van der Waals surface area contributed by atoms with E-state index in [2.05, 4.69) is 42.3 Å². The predicted molar refractivity (Wildman–Crippen MR) is 115 cm³/mol. The van der Waals surface area contributed by atoms with Crippen LogP contribution in [0.2, 0.25) is 0 Å². The molecule has 1 heterocycles. The van der Waals surface area contributed by atoms with Crippen molar-refractivity contribution in [1.29, 1.82) is 0 Å². The molecule has 2 nitrogen and oxygen atoms in total. The van der Waals surface area contributed by atoms with E-state index >= 15 is 0 Å². The van der Waals surface area contributed by atoms with Gasteiger partial charge in [0.05, 0.1) is 13.1 Å². The van der Waals surface area contributed by atoms with Gasteiger partial charge in [0.1, 0.15) is 12.4 Å². The first kappa shape index (κ1) is 23.2. The molecule has 0 aromatic carbocycles. The Hall–Kier alpha value is -0.790. The van der Waals surface area contributed by atoms with Crippen LogP contribution in [0.4, 0.5) is 0 Å². The lowest BCUT2D eigenvalue weighted by Crippen LogP contribution is -2.37. The summed E-state index contributed by atoms with van der Waals surface area (Å²) in [7, 11) is 0. The molecule has 0 saturated carbocycles. The summed E-state index contributed by atoms with van der Waals surface area (Å²) >= 11 is 0. The van der Waals surface area contributed by atoms with Crippen LogP contribution in [0.3, 0.4) is 0 Å². The number of nitrogens with zero attached hydrogens (tertiary/aromatic N) is 2. The molecule has 0 spiro atoms. The van der Waals surface area contributed by atoms with Gasteiger partial charge in [-0.1, -0.05) is 91.4 Å². The minimum atomic E-state index is 1.17. The van der Waals surface area contributed by atoms with Crippen molar-refractivity contribution in [2.24, 2.45) is 0 Å². The monoisotopic (exact) mass is 363 g/mol. The second-order valence-corrected chi connectivity index (χ2v) is 8.09. The maximum absolute atomic E-state index is 2.53. The first-order chi connectivity index (χ1) is 12.8. The third kappa shape index (κ3) is 10.4. The maximum atomic E-state index is 2.53. The average molecular weight is 364 g/mol. The van der Waals surface area contributed by atoms with Gasteiger partial charge in [0.2, 0.25) is 0 Å². The van der Waals surface area contributed by atoms with Crippen LogP contribution in [0, 0.1) is 0 Å². The quantitative estimate of drug-likeness (QED) is 0.192. The van der Waals surface area contributed by atoms with Crippen LogP contribution in [0.15, 0.2) is 12.4 Å². The smallest absolute Gasteiger partial charge is 0.234 e. The maximum Gasteiger partial charge on any atom is 0.256 e. The molecular weight excluding hydrogens is 316 g/mol. The Morgan fingerprint density at radius 1 is 0.654 bits per heavy atom. The van der Waals surface area contributed by atoms with Crippen molar-refractivity contribution in [2.45, 2.75) is 137 Å². The Bertz CT molecular complexity index is 422. The number of rotatable bonds is 18. The van der Waals surface area contributed by atoms with Crippen LogP contribution >= 0.6 is 0 Å². The highest BCUT2D eigenvalue weighted by Crippen LogP contribution is 2.12. The van der Waals surface area contributed by atoms with Gasteiger partial charge >= 0.3 is 0 Å². The number of hydrogen-bond donors (Lipinski definition) is 0. The molecule has 152 valence electrons. The van der Waals surface area contributed by atoms with Crippen LogP contribution < -0.4 is 4.57 Å². The fourth-order valence-corrected chi connectivity index (χ4v) is 3.89. The predicted octanol–water partition coefficient (Wildman–Crippen LogP) is 7.23. The van der Waals surface area contributed by atoms with Crippen molar-refractivity contribution in [3.63, 3.8) is 0 Å². The summed E-state index contributed by atoms with van der Waals surface area (Å²) in [6.07, 6.45) is 26.8. The molecule has 0 fully saturated rings. The molecule has 1 rings (SSSR count). The third-order valence-electron chi connectivity index (χ3n) is 5.56. The lowest BCUT2D eigenvalue weighted by molar-refractivity contribution is -0.703. The zero-order valence-electron chi connectivity index (χ0n) is 18.3. The minimum absolute atomic E-state index is 1.17. The van der Waals surface area contributed by atoms with E-state index in [1.807, 2.05) is 0 Å². The largest absolute Gasteiger partial charge is 0.256 e. The molecule has 2 heteroatoms. The number of hydrogen-bond acceptors (Lipinski definition) is 0. The highest BCUT2D eigenvalue weighted by Gasteiger charge is 2.15. The van der Waals surface area contributed by atoms with Crippen LogP contribution in [0.25, 0.3) is 0 Å². The molecule has 0 unspecified atom stereocenters. The molecule has 1 aromatic rings. The average Bonchev–Trinajstić information content (AvgIpc) is 3.03. The Kier molecular flexibility index (Phi) is 14.7. The van der Waals surface area contributed by atoms with Crippen LogP contribution in [-0.2, 0) is 19.5 Å². The Morgan fingerprint density at radius 2 is 1.19 bits per heavy atom. The molecule has 0 aliphatic rings. The second-order valence-electron chi connectivity index (χ2n) is 8.09. The first-order valence-corrected chi connectivity index (χ1v) is 11.9. The van der Waals surface area contributed by atoms with Crippen molar-refractivity contribution < 1.29 is 4.57 Å². The van der Waals surface area contributed by atoms with E-state index < -0.39 is 0 Å². The Labute approximate surface area is 164 Å². The van der Waals surface area contributed by atoms with E-state index in [0.29, 0.717) is 0 Å². The van der Waals surface area contributed by atoms with Crippen molar-refractivity contribution in [3.8, 4) is 0 Å². The second kappa shape index (κ2) is 16.4. The third-order valence-corrected chi connectivity index (χ3v) is 5.56. The molecule has 0 aliphatic carbocycles. The molecule has 1 aromatic heterocycles. The Morgan fingerprint density at radius 3 is 1.73 bits per heavy atom. The lowest BCUT2D eigenvalue weighted by atomic mass is 10.1. The highest BCUT2D eigenvalue weighted by molar-refractivity contribution is 4.84. The van der Waals surface area contributed by atoms with E-state index in [-0.39, 0.29) is 0 Å². The van der Waals surface area contributed by atoms with Crippen LogP contribution in [0.5, 0.6) is 0 Å². The van der Waals surface area contributed by atoms with Gasteiger partial charge in [0.25, 0.3) is 5.82 Å². The first-order valence-electron chi connectivity index (χ1n) is 11.9. The summed E-state index contributed by atoms with van der Waals surface area (Å²) in [6, 6.07) is 0. The summed E-state index contributed by atoms with van der Waals surface area (Å²) < 4.78 is 5.01. The minimum Gasteiger partial charge on any atom is -0.234 e. The van der Waals surface area contributed by atoms with Gasteiger partial charge < -0.3 is 0 Å². The normalized spacial score (nSPS) is 11.3. The van der Waals surface area contributed by atoms with E-state index in [4.69, 9.17) is 0 Å². The highest BCUT2D eigenvalue weighted by atomic mass is 15.1. The number of aryl methyl sites for hydroxylation is 2. The fourth-order valence-electron chi connectivity index (χ4n) is 3.89. The lowest BCUT2D eigenvalue weighted by Gasteiger charge is -2.05. The number of aromatic nitrogens is 2. The van der Waals surface area contributed by atoms with Gasteiger partial charge in [0, 0.05) is 6.42 Å². The summed E-state index contributed by atoms with van der Waals surface area (Å²) in [5.41, 5.74) is 0. The van der Waals surface area contributed by atoms with Gasteiger partial charge in [0.15, 0.2) is 0 Å². The van der Waals surface area contributed by atoms with Crippen molar-refractivity contribution in [2.75, 3.05) is 0 Å². The van der Waals surface area contributed by atoms with Gasteiger partial charge in [-0.3, -0.25) is 0 Å². The van der Waals surface area contributed by atoms with Crippen LogP contribution in [-0.4, -0.2) is 4.57 Å². The van der Waals surface area contributed by atoms with Crippen molar-refractivity contribution >= 4 is 0 Å². The summed E-state index contributed by atoms with van der Waals surface area (Å²) in [4.78, 5) is 0. The zero-order chi connectivity index (χ0) is 18.9.